The van der Waals surface area contributed by atoms with E-state index in [0.29, 0.717) is 18.4 Å². The molecule has 19 heavy (non-hydrogen) atoms. The molecule has 1 aliphatic carbocycles. The molecule has 0 aromatic heterocycles. The summed E-state index contributed by atoms with van der Waals surface area (Å²) in [4.78, 5) is 11.6. The Kier molecular flexibility index (Phi) is 3.92. The van der Waals surface area contributed by atoms with E-state index in [1.807, 2.05) is 13.8 Å². The van der Waals surface area contributed by atoms with Crippen molar-refractivity contribution in [2.45, 2.75) is 45.0 Å². The minimum atomic E-state index is -0.710. The molecule has 2 aliphatic rings. The number of hydrogen-bond acceptors (Lipinski definition) is 4. The number of esters is 1. The smallest absolute Gasteiger partial charge is 0.334 e. The summed E-state index contributed by atoms with van der Waals surface area (Å²) in [5, 5.41) is 20.1. The van der Waals surface area contributed by atoms with E-state index in [2.05, 4.69) is 6.58 Å². The summed E-state index contributed by atoms with van der Waals surface area (Å²) in [5.41, 5.74) is 2.17. The molecule has 2 N–H and O–H groups in total. The first-order valence-electron chi connectivity index (χ1n) is 6.49. The quantitative estimate of drug-likeness (QED) is 0.395. The predicted molar refractivity (Wildman–Crippen MR) is 71.3 cm³/mol. The third-order valence-corrected chi connectivity index (χ3v) is 3.70. The van der Waals surface area contributed by atoms with Gasteiger partial charge in [0.25, 0.3) is 0 Å². The van der Waals surface area contributed by atoms with Crippen LogP contribution in [0.25, 0.3) is 0 Å². The van der Waals surface area contributed by atoms with Crippen molar-refractivity contribution in [3.63, 3.8) is 0 Å². The molecule has 0 saturated carbocycles. The standard InChI is InChI=1S/C15H20O4/c1-8-4-11(16)5-9(2)7-13-14(12(17)6-8)10(3)15(18)19-13/h4-5,11-14,16-17H,3,6-7H2,1-2H3. The van der Waals surface area contributed by atoms with Gasteiger partial charge < -0.3 is 14.9 Å². The molecule has 104 valence electrons. The number of carbonyl (C=O) groups is 1. The molecule has 0 bridgehead atoms. The second kappa shape index (κ2) is 5.31. The van der Waals surface area contributed by atoms with Crippen LogP contribution in [0.5, 0.6) is 0 Å². The second-order valence-corrected chi connectivity index (χ2v) is 5.49. The normalized spacial score (nSPS) is 36.2. The third kappa shape index (κ3) is 2.96. The molecular weight excluding hydrogens is 244 g/mol. The molecular formula is C15H20O4. The van der Waals surface area contributed by atoms with Crippen molar-refractivity contribution in [2.75, 3.05) is 0 Å². The van der Waals surface area contributed by atoms with E-state index in [1.54, 1.807) is 12.2 Å². The van der Waals surface area contributed by atoms with Crippen molar-refractivity contribution in [1.29, 1.82) is 0 Å². The van der Waals surface area contributed by atoms with Crippen molar-refractivity contribution in [1.82, 2.24) is 0 Å². The summed E-state index contributed by atoms with van der Waals surface area (Å²) in [5.74, 6) is -0.794. The maximum absolute atomic E-state index is 11.6. The molecule has 1 saturated heterocycles. The zero-order valence-corrected chi connectivity index (χ0v) is 11.3. The first kappa shape index (κ1) is 14.0. The van der Waals surface area contributed by atoms with E-state index in [-0.39, 0.29) is 12.0 Å². The maximum atomic E-state index is 11.6. The SMILES string of the molecule is C=C1C(=O)OC2CC(C)=CC(O)C=C(C)CC(O)C12. The summed E-state index contributed by atoms with van der Waals surface area (Å²) >= 11 is 0. The van der Waals surface area contributed by atoms with Crippen LogP contribution in [0.2, 0.25) is 0 Å². The number of rotatable bonds is 0. The average Bonchev–Trinajstić information content (AvgIpc) is 2.52. The Balaban J connectivity index is 2.34. The Morgan fingerprint density at radius 2 is 1.79 bits per heavy atom. The monoisotopic (exact) mass is 264 g/mol. The molecule has 1 heterocycles. The van der Waals surface area contributed by atoms with Gasteiger partial charge in [0, 0.05) is 12.0 Å². The summed E-state index contributed by atoms with van der Waals surface area (Å²) in [6.07, 6.45) is 2.62. The van der Waals surface area contributed by atoms with Crippen LogP contribution < -0.4 is 0 Å². The lowest BCUT2D eigenvalue weighted by Crippen LogP contribution is -2.30. The van der Waals surface area contributed by atoms with Crippen LogP contribution >= 0.6 is 0 Å². The van der Waals surface area contributed by atoms with Crippen molar-refractivity contribution < 1.29 is 19.7 Å². The van der Waals surface area contributed by atoms with E-state index in [9.17, 15) is 15.0 Å². The van der Waals surface area contributed by atoms with Crippen LogP contribution in [0.1, 0.15) is 26.7 Å². The van der Waals surface area contributed by atoms with E-state index < -0.39 is 18.2 Å². The maximum Gasteiger partial charge on any atom is 0.334 e. The molecule has 0 radical (unpaired) electrons. The zero-order valence-electron chi connectivity index (χ0n) is 11.3. The van der Waals surface area contributed by atoms with Gasteiger partial charge in [-0.15, -0.1) is 0 Å². The molecule has 0 aromatic carbocycles. The van der Waals surface area contributed by atoms with E-state index in [4.69, 9.17) is 4.74 Å². The Morgan fingerprint density at radius 1 is 1.21 bits per heavy atom. The van der Waals surface area contributed by atoms with Crippen LogP contribution in [0.15, 0.2) is 35.5 Å². The molecule has 4 nitrogen and oxygen atoms in total. The van der Waals surface area contributed by atoms with Crippen LogP contribution in [0.4, 0.5) is 0 Å². The van der Waals surface area contributed by atoms with Crippen molar-refractivity contribution in [2.24, 2.45) is 5.92 Å². The summed E-state index contributed by atoms with van der Waals surface area (Å²) in [6.45, 7) is 7.47. The number of carbonyl (C=O) groups excluding carboxylic acids is 1. The molecule has 0 spiro atoms. The van der Waals surface area contributed by atoms with Crippen LogP contribution in [0, 0.1) is 5.92 Å². The van der Waals surface area contributed by atoms with Crippen LogP contribution in [-0.2, 0) is 9.53 Å². The van der Waals surface area contributed by atoms with Crippen LogP contribution in [0.3, 0.4) is 0 Å². The lowest BCUT2D eigenvalue weighted by molar-refractivity contribution is -0.139. The second-order valence-electron chi connectivity index (χ2n) is 5.49. The summed E-state index contributed by atoms with van der Waals surface area (Å²) < 4.78 is 5.28. The van der Waals surface area contributed by atoms with Gasteiger partial charge in [0.2, 0.25) is 0 Å². The fraction of sp³-hybridized carbons (Fsp3) is 0.533. The van der Waals surface area contributed by atoms with Gasteiger partial charge in [-0.25, -0.2) is 4.79 Å². The topological polar surface area (TPSA) is 66.8 Å². The molecule has 4 atom stereocenters. The lowest BCUT2D eigenvalue weighted by Gasteiger charge is -2.25. The molecule has 1 fully saturated rings. The average molecular weight is 264 g/mol. The first-order valence-corrected chi connectivity index (χ1v) is 6.49. The van der Waals surface area contributed by atoms with E-state index >= 15 is 0 Å². The van der Waals surface area contributed by atoms with Gasteiger partial charge in [-0.05, 0) is 20.3 Å². The van der Waals surface area contributed by atoms with E-state index in [1.165, 1.54) is 0 Å². The highest BCUT2D eigenvalue weighted by atomic mass is 16.6. The van der Waals surface area contributed by atoms with Crippen molar-refractivity contribution in [3.05, 3.63) is 35.5 Å². The number of fused-ring (bicyclic) bond motifs is 1. The Hall–Kier alpha value is -1.39. The third-order valence-electron chi connectivity index (χ3n) is 3.70. The predicted octanol–water partition coefficient (Wildman–Crippen LogP) is 1.49. The number of aliphatic hydroxyl groups is 2. The molecule has 0 aromatic rings. The number of hydrogen-bond donors (Lipinski definition) is 2. The molecule has 1 aliphatic heterocycles. The first-order chi connectivity index (χ1) is 8.88. The highest BCUT2D eigenvalue weighted by molar-refractivity contribution is 5.91. The Bertz CT molecular complexity index is 461. The molecule has 4 unspecified atom stereocenters. The van der Waals surface area contributed by atoms with Crippen molar-refractivity contribution in [3.8, 4) is 0 Å². The minimum Gasteiger partial charge on any atom is -0.458 e. The summed E-state index contributed by atoms with van der Waals surface area (Å²) in [7, 11) is 0. The lowest BCUT2D eigenvalue weighted by atomic mass is 9.84. The Morgan fingerprint density at radius 3 is 2.42 bits per heavy atom. The van der Waals surface area contributed by atoms with Gasteiger partial charge in [0.1, 0.15) is 6.10 Å². The number of aliphatic hydroxyl groups excluding tert-OH is 2. The molecule has 0 amide bonds. The minimum absolute atomic E-state index is 0.347. The molecule has 2 rings (SSSR count). The highest BCUT2D eigenvalue weighted by Gasteiger charge is 2.42. The number of ether oxygens (including phenoxy) is 1. The van der Waals surface area contributed by atoms with Crippen LogP contribution in [-0.4, -0.2) is 34.5 Å². The molecule has 4 heteroatoms. The van der Waals surface area contributed by atoms with Crippen molar-refractivity contribution >= 4 is 5.97 Å². The Labute approximate surface area is 113 Å². The fourth-order valence-electron chi connectivity index (χ4n) is 2.84. The van der Waals surface area contributed by atoms with Gasteiger partial charge in [0.05, 0.1) is 18.1 Å². The van der Waals surface area contributed by atoms with Gasteiger partial charge in [0.15, 0.2) is 0 Å². The van der Waals surface area contributed by atoms with E-state index in [0.717, 1.165) is 11.1 Å². The van der Waals surface area contributed by atoms with Gasteiger partial charge in [-0.3, -0.25) is 0 Å². The zero-order chi connectivity index (χ0) is 14.2. The highest BCUT2D eigenvalue weighted by Crippen LogP contribution is 2.35. The van der Waals surface area contributed by atoms with Gasteiger partial charge in [-0.1, -0.05) is 29.9 Å². The summed E-state index contributed by atoms with van der Waals surface area (Å²) in [6, 6.07) is 0. The van der Waals surface area contributed by atoms with Gasteiger partial charge in [-0.2, -0.15) is 0 Å². The fourth-order valence-corrected chi connectivity index (χ4v) is 2.84. The van der Waals surface area contributed by atoms with Gasteiger partial charge >= 0.3 is 5.97 Å². The largest absolute Gasteiger partial charge is 0.458 e.